The Labute approximate surface area is 122 Å². The second-order valence-corrected chi connectivity index (χ2v) is 5.21. The van der Waals surface area contributed by atoms with E-state index >= 15 is 0 Å². The number of benzene rings is 1. The van der Waals surface area contributed by atoms with Crippen LogP contribution in [0.15, 0.2) is 24.3 Å². The Morgan fingerprint density at radius 3 is 2.67 bits per heavy atom. The highest BCUT2D eigenvalue weighted by atomic mass is 19.1. The Morgan fingerprint density at radius 1 is 1.29 bits per heavy atom. The molecule has 1 aromatic carbocycles. The number of aliphatic carboxylic acids is 1. The molecule has 1 atom stereocenters. The van der Waals surface area contributed by atoms with Crippen LogP contribution in [-0.4, -0.2) is 34.6 Å². The quantitative estimate of drug-likeness (QED) is 0.896. The topological polar surface area (TPSA) is 69.6 Å². The Morgan fingerprint density at radius 2 is 2.00 bits per heavy atom. The third kappa shape index (κ3) is 4.44. The molecule has 0 aromatic heterocycles. The minimum atomic E-state index is -0.848. The minimum Gasteiger partial charge on any atom is -0.481 e. The fourth-order valence-corrected chi connectivity index (χ4v) is 2.59. The van der Waals surface area contributed by atoms with Crippen LogP contribution in [0.25, 0.3) is 0 Å². The number of urea groups is 1. The van der Waals surface area contributed by atoms with Gasteiger partial charge in [0.1, 0.15) is 5.82 Å². The molecule has 1 unspecified atom stereocenters. The highest BCUT2D eigenvalue weighted by molar-refractivity contribution is 5.89. The number of piperidine rings is 1. The van der Waals surface area contributed by atoms with Crippen molar-refractivity contribution in [1.29, 1.82) is 0 Å². The average Bonchev–Trinajstić information content (AvgIpc) is 2.47. The Balaban J connectivity index is 1.97. The number of nitrogens with one attached hydrogen (secondary N) is 1. The molecule has 1 heterocycles. The van der Waals surface area contributed by atoms with E-state index in [1.54, 1.807) is 4.90 Å². The van der Waals surface area contributed by atoms with Gasteiger partial charge in [0.2, 0.25) is 0 Å². The summed E-state index contributed by atoms with van der Waals surface area (Å²) >= 11 is 0. The van der Waals surface area contributed by atoms with Gasteiger partial charge in [-0.25, -0.2) is 9.18 Å². The molecule has 1 fully saturated rings. The Bertz CT molecular complexity index is 504. The fraction of sp³-hybridized carbons (Fsp3) is 0.467. The normalized spacial score (nSPS) is 18.3. The molecule has 6 heteroatoms. The van der Waals surface area contributed by atoms with Crippen LogP contribution >= 0.6 is 0 Å². The number of nitrogens with zero attached hydrogens (tertiary/aromatic N) is 1. The number of anilines is 1. The van der Waals surface area contributed by atoms with E-state index < -0.39 is 5.97 Å². The molecule has 114 valence electrons. The van der Waals surface area contributed by atoms with Gasteiger partial charge in [-0.2, -0.15) is 0 Å². The maximum absolute atomic E-state index is 12.8. The lowest BCUT2D eigenvalue weighted by Crippen LogP contribution is -2.46. The van der Waals surface area contributed by atoms with Crippen molar-refractivity contribution in [2.45, 2.75) is 38.1 Å². The number of hydrogen-bond acceptors (Lipinski definition) is 2. The minimum absolute atomic E-state index is 0.0460. The number of halogens is 1. The van der Waals surface area contributed by atoms with Crippen molar-refractivity contribution in [3.63, 3.8) is 0 Å². The third-order valence-electron chi connectivity index (χ3n) is 3.67. The van der Waals surface area contributed by atoms with Crippen LogP contribution in [0.2, 0.25) is 0 Å². The van der Waals surface area contributed by atoms with Crippen LogP contribution in [-0.2, 0) is 4.79 Å². The molecular weight excluding hydrogens is 275 g/mol. The van der Waals surface area contributed by atoms with E-state index in [9.17, 15) is 14.0 Å². The van der Waals surface area contributed by atoms with Gasteiger partial charge >= 0.3 is 12.0 Å². The van der Waals surface area contributed by atoms with Gasteiger partial charge in [0.15, 0.2) is 0 Å². The zero-order valence-electron chi connectivity index (χ0n) is 11.7. The second kappa shape index (κ2) is 7.06. The number of likely N-dealkylation sites (tertiary alicyclic amines) is 1. The van der Waals surface area contributed by atoms with Crippen molar-refractivity contribution in [2.75, 3.05) is 11.9 Å². The number of carboxylic acid groups (broad SMARTS) is 1. The van der Waals surface area contributed by atoms with Crippen LogP contribution < -0.4 is 5.32 Å². The Kier molecular flexibility index (Phi) is 5.14. The molecule has 0 radical (unpaired) electrons. The first-order valence-electron chi connectivity index (χ1n) is 7.11. The van der Waals surface area contributed by atoms with Gasteiger partial charge in [0.05, 0.1) is 0 Å². The molecule has 0 aliphatic carbocycles. The Hall–Kier alpha value is -2.11. The zero-order chi connectivity index (χ0) is 15.2. The van der Waals surface area contributed by atoms with Gasteiger partial charge in [-0.3, -0.25) is 4.79 Å². The number of amides is 2. The van der Waals surface area contributed by atoms with Gasteiger partial charge in [0, 0.05) is 24.7 Å². The van der Waals surface area contributed by atoms with E-state index in [2.05, 4.69) is 5.32 Å². The molecule has 1 aliphatic heterocycles. The second-order valence-electron chi connectivity index (χ2n) is 5.21. The molecular formula is C15H19FN2O3. The maximum Gasteiger partial charge on any atom is 0.322 e. The van der Waals surface area contributed by atoms with E-state index in [1.165, 1.54) is 24.3 Å². The molecule has 2 rings (SSSR count). The zero-order valence-corrected chi connectivity index (χ0v) is 11.7. The van der Waals surface area contributed by atoms with Gasteiger partial charge < -0.3 is 15.3 Å². The average molecular weight is 294 g/mol. The monoisotopic (exact) mass is 294 g/mol. The number of carbonyl (C=O) groups excluding carboxylic acids is 1. The van der Waals surface area contributed by atoms with Crippen molar-refractivity contribution < 1.29 is 19.1 Å². The molecule has 1 saturated heterocycles. The molecule has 1 aliphatic rings. The van der Waals surface area contributed by atoms with Crippen LogP contribution in [0.1, 0.15) is 32.1 Å². The summed E-state index contributed by atoms with van der Waals surface area (Å²) < 4.78 is 12.8. The predicted molar refractivity (Wildman–Crippen MR) is 76.6 cm³/mol. The van der Waals surface area contributed by atoms with Gasteiger partial charge in [0.25, 0.3) is 0 Å². The van der Waals surface area contributed by atoms with Crippen LogP contribution in [0, 0.1) is 5.82 Å². The first-order chi connectivity index (χ1) is 10.1. The highest BCUT2D eigenvalue weighted by Gasteiger charge is 2.27. The summed E-state index contributed by atoms with van der Waals surface area (Å²) in [5.41, 5.74) is 0.531. The van der Waals surface area contributed by atoms with Crippen LogP contribution in [0.5, 0.6) is 0 Å². The van der Waals surface area contributed by atoms with Gasteiger partial charge in [-0.05, 0) is 49.9 Å². The van der Waals surface area contributed by atoms with Crippen molar-refractivity contribution >= 4 is 17.7 Å². The molecule has 0 saturated carbocycles. The van der Waals surface area contributed by atoms with Gasteiger partial charge in [-0.15, -0.1) is 0 Å². The van der Waals surface area contributed by atoms with Crippen molar-refractivity contribution in [2.24, 2.45) is 0 Å². The van der Waals surface area contributed by atoms with Crippen molar-refractivity contribution in [1.82, 2.24) is 4.90 Å². The van der Waals surface area contributed by atoms with Crippen molar-refractivity contribution in [3.05, 3.63) is 30.1 Å². The van der Waals surface area contributed by atoms with Crippen molar-refractivity contribution in [3.8, 4) is 0 Å². The fourth-order valence-electron chi connectivity index (χ4n) is 2.59. The first-order valence-corrected chi connectivity index (χ1v) is 7.11. The summed E-state index contributed by atoms with van der Waals surface area (Å²) in [5.74, 6) is -1.20. The maximum atomic E-state index is 12.8. The summed E-state index contributed by atoms with van der Waals surface area (Å²) in [6.45, 7) is 0.622. The number of hydrogen-bond donors (Lipinski definition) is 2. The van der Waals surface area contributed by atoms with E-state index in [0.29, 0.717) is 18.7 Å². The molecule has 1 aromatic rings. The summed E-state index contributed by atoms with van der Waals surface area (Å²) in [5, 5.41) is 11.5. The summed E-state index contributed by atoms with van der Waals surface area (Å²) in [6, 6.07) is 5.28. The van der Waals surface area contributed by atoms with E-state index in [1.807, 2.05) is 0 Å². The van der Waals surface area contributed by atoms with Gasteiger partial charge in [-0.1, -0.05) is 0 Å². The van der Waals surface area contributed by atoms with Crippen LogP contribution in [0.4, 0.5) is 14.9 Å². The summed E-state index contributed by atoms with van der Waals surface area (Å²) in [6.07, 6.45) is 3.27. The highest BCUT2D eigenvalue weighted by Crippen LogP contribution is 2.22. The third-order valence-corrected chi connectivity index (χ3v) is 3.67. The van der Waals surface area contributed by atoms with Crippen LogP contribution in [0.3, 0.4) is 0 Å². The molecule has 5 nitrogen and oxygen atoms in total. The smallest absolute Gasteiger partial charge is 0.322 e. The van der Waals surface area contributed by atoms with E-state index in [0.717, 1.165) is 19.3 Å². The molecule has 2 N–H and O–H groups in total. The largest absolute Gasteiger partial charge is 0.481 e. The summed E-state index contributed by atoms with van der Waals surface area (Å²) in [7, 11) is 0. The number of carboxylic acids is 1. The molecule has 2 amide bonds. The standard InChI is InChI=1S/C15H19FN2O3/c16-11-4-6-12(7-5-11)17-15(21)18-10-2-1-3-13(18)8-9-14(19)20/h4-7,13H,1-3,8-10H2,(H,17,21)(H,19,20). The predicted octanol–water partition coefficient (Wildman–Crippen LogP) is 3.08. The lowest BCUT2D eigenvalue weighted by molar-refractivity contribution is -0.137. The van der Waals surface area contributed by atoms with E-state index in [-0.39, 0.29) is 24.3 Å². The summed E-state index contributed by atoms with van der Waals surface area (Å²) in [4.78, 5) is 24.7. The molecule has 0 bridgehead atoms. The lowest BCUT2D eigenvalue weighted by atomic mass is 9.98. The molecule has 21 heavy (non-hydrogen) atoms. The lowest BCUT2D eigenvalue weighted by Gasteiger charge is -2.35. The SMILES string of the molecule is O=C(O)CCC1CCCCN1C(=O)Nc1ccc(F)cc1. The first kappa shape index (κ1) is 15.3. The molecule has 0 spiro atoms. The number of carbonyl (C=O) groups is 2. The number of rotatable bonds is 4. The van der Waals surface area contributed by atoms with E-state index in [4.69, 9.17) is 5.11 Å².